The van der Waals surface area contributed by atoms with Gasteiger partial charge in [-0.3, -0.25) is 4.79 Å². The number of hydrogen-bond donors (Lipinski definition) is 1. The average molecular weight is 361 g/mol. The third kappa shape index (κ3) is 3.84. The fraction of sp³-hybridized carbons (Fsp3) is 0.333. The molecule has 0 bridgehead atoms. The summed E-state index contributed by atoms with van der Waals surface area (Å²) in [6, 6.07) is 3.02. The van der Waals surface area contributed by atoms with Crippen molar-refractivity contribution in [2.45, 2.75) is 38.3 Å². The number of benzene rings is 1. The lowest BCUT2D eigenvalue weighted by molar-refractivity contribution is 0.0648. The molecular formula is C18H17F2N3O3. The summed E-state index contributed by atoms with van der Waals surface area (Å²) < 4.78 is 27.5. The highest BCUT2D eigenvalue weighted by Gasteiger charge is 2.29. The minimum atomic E-state index is -1.24. The molecule has 26 heavy (non-hydrogen) atoms. The van der Waals surface area contributed by atoms with Crippen molar-refractivity contribution in [3.05, 3.63) is 59.2 Å². The van der Waals surface area contributed by atoms with Crippen LogP contribution in [0.15, 0.2) is 30.6 Å². The molecule has 1 saturated carbocycles. The average Bonchev–Trinajstić information content (AvgIpc) is 3.16. The van der Waals surface area contributed by atoms with Gasteiger partial charge in [-0.15, -0.1) is 0 Å². The summed E-state index contributed by atoms with van der Waals surface area (Å²) in [5.41, 5.74) is -0.218. The van der Waals surface area contributed by atoms with Crippen LogP contribution in [0.25, 0.3) is 0 Å². The van der Waals surface area contributed by atoms with Crippen LogP contribution in [0.3, 0.4) is 0 Å². The fourth-order valence-corrected chi connectivity index (χ4v) is 3.13. The highest BCUT2D eigenvalue weighted by Crippen LogP contribution is 2.27. The summed E-state index contributed by atoms with van der Waals surface area (Å²) in [7, 11) is 0. The number of rotatable bonds is 5. The molecular weight excluding hydrogens is 344 g/mol. The van der Waals surface area contributed by atoms with Gasteiger partial charge >= 0.3 is 5.97 Å². The first-order chi connectivity index (χ1) is 12.5. The van der Waals surface area contributed by atoms with Crippen molar-refractivity contribution in [3.8, 4) is 0 Å². The molecule has 0 atom stereocenters. The maximum atomic E-state index is 14.0. The summed E-state index contributed by atoms with van der Waals surface area (Å²) in [6.45, 7) is -0.0878. The van der Waals surface area contributed by atoms with Gasteiger partial charge < -0.3 is 10.0 Å². The van der Waals surface area contributed by atoms with Crippen molar-refractivity contribution in [1.82, 2.24) is 14.9 Å². The molecule has 0 radical (unpaired) electrons. The van der Waals surface area contributed by atoms with Crippen molar-refractivity contribution in [3.63, 3.8) is 0 Å². The normalized spacial score (nSPS) is 14.4. The number of nitrogens with zero attached hydrogens (tertiary/aromatic N) is 3. The van der Waals surface area contributed by atoms with Crippen molar-refractivity contribution in [2.75, 3.05) is 0 Å². The van der Waals surface area contributed by atoms with E-state index < -0.39 is 23.5 Å². The van der Waals surface area contributed by atoms with Gasteiger partial charge in [0.05, 0.1) is 12.4 Å². The summed E-state index contributed by atoms with van der Waals surface area (Å²) in [4.78, 5) is 32.8. The molecule has 1 aliphatic carbocycles. The van der Waals surface area contributed by atoms with Crippen molar-refractivity contribution >= 4 is 11.9 Å². The Kier molecular flexibility index (Phi) is 5.20. The van der Waals surface area contributed by atoms with Crippen molar-refractivity contribution in [1.29, 1.82) is 0 Å². The number of halogens is 2. The summed E-state index contributed by atoms with van der Waals surface area (Å²) >= 11 is 0. The predicted molar refractivity (Wildman–Crippen MR) is 87.5 cm³/mol. The van der Waals surface area contributed by atoms with Crippen LogP contribution in [-0.4, -0.2) is 37.9 Å². The lowest BCUT2D eigenvalue weighted by atomic mass is 10.1. The molecule has 136 valence electrons. The zero-order valence-corrected chi connectivity index (χ0v) is 13.9. The first kappa shape index (κ1) is 17.9. The molecule has 1 aromatic carbocycles. The molecule has 1 fully saturated rings. The molecule has 3 rings (SSSR count). The van der Waals surface area contributed by atoms with Crippen molar-refractivity contribution in [2.24, 2.45) is 0 Å². The summed E-state index contributed by atoms with van der Waals surface area (Å²) in [5.74, 6) is -2.89. The second-order valence-electron chi connectivity index (χ2n) is 6.20. The Labute approximate surface area is 148 Å². The monoisotopic (exact) mass is 361 g/mol. The van der Waals surface area contributed by atoms with E-state index in [9.17, 15) is 18.4 Å². The number of carboxylic acids is 1. The molecule has 2 aromatic rings. The molecule has 8 heteroatoms. The third-order valence-electron chi connectivity index (χ3n) is 4.46. The zero-order valence-electron chi connectivity index (χ0n) is 13.9. The van der Waals surface area contributed by atoms with Gasteiger partial charge in [0.1, 0.15) is 17.3 Å². The quantitative estimate of drug-likeness (QED) is 0.885. The van der Waals surface area contributed by atoms with Gasteiger partial charge in [-0.05, 0) is 31.0 Å². The highest BCUT2D eigenvalue weighted by atomic mass is 19.1. The predicted octanol–water partition coefficient (Wildman–Crippen LogP) is 3.04. The lowest BCUT2D eigenvalue weighted by Crippen LogP contribution is -2.39. The van der Waals surface area contributed by atoms with E-state index in [1.807, 2.05) is 0 Å². The maximum absolute atomic E-state index is 14.0. The Bertz CT molecular complexity index is 821. The van der Waals surface area contributed by atoms with Gasteiger partial charge in [-0.2, -0.15) is 0 Å². The van der Waals surface area contributed by atoms with E-state index in [-0.39, 0.29) is 29.5 Å². The number of carboxylic acid groups (broad SMARTS) is 1. The Morgan fingerprint density at radius 3 is 2.38 bits per heavy atom. The van der Waals surface area contributed by atoms with E-state index in [0.29, 0.717) is 0 Å². The Morgan fingerprint density at radius 2 is 1.77 bits per heavy atom. The van der Waals surface area contributed by atoms with Gasteiger partial charge in [0, 0.05) is 18.2 Å². The van der Waals surface area contributed by atoms with Crippen LogP contribution in [0.5, 0.6) is 0 Å². The largest absolute Gasteiger partial charge is 0.476 e. The molecule has 1 aromatic heterocycles. The first-order valence-electron chi connectivity index (χ1n) is 8.26. The Hall–Kier alpha value is -2.90. The minimum Gasteiger partial charge on any atom is -0.476 e. The molecule has 1 amide bonds. The third-order valence-corrected chi connectivity index (χ3v) is 4.46. The number of carbonyl (C=O) groups excluding carboxylic acids is 1. The highest BCUT2D eigenvalue weighted by molar-refractivity contribution is 5.93. The zero-order chi connectivity index (χ0) is 18.7. The second-order valence-corrected chi connectivity index (χ2v) is 6.20. The molecule has 0 spiro atoms. The van der Waals surface area contributed by atoms with Gasteiger partial charge in [0.25, 0.3) is 5.91 Å². The van der Waals surface area contributed by atoms with Crippen LogP contribution in [0.4, 0.5) is 8.78 Å². The van der Waals surface area contributed by atoms with Crippen LogP contribution in [0.2, 0.25) is 0 Å². The number of aromatic nitrogens is 2. The molecule has 1 N–H and O–H groups in total. The van der Waals surface area contributed by atoms with Crippen LogP contribution in [0, 0.1) is 11.6 Å². The van der Waals surface area contributed by atoms with E-state index in [4.69, 9.17) is 5.11 Å². The number of amides is 1. The minimum absolute atomic E-state index is 0.0290. The van der Waals surface area contributed by atoms with Crippen LogP contribution in [0.1, 0.15) is 52.2 Å². The van der Waals surface area contributed by atoms with Crippen molar-refractivity contribution < 1.29 is 23.5 Å². The summed E-state index contributed by atoms with van der Waals surface area (Å²) in [5, 5.41) is 8.87. The van der Waals surface area contributed by atoms with E-state index in [0.717, 1.165) is 56.3 Å². The molecule has 0 aliphatic heterocycles. The van der Waals surface area contributed by atoms with Gasteiger partial charge in [-0.25, -0.2) is 23.5 Å². The summed E-state index contributed by atoms with van der Waals surface area (Å²) in [6.07, 6.45) is 5.53. The smallest absolute Gasteiger partial charge is 0.356 e. The maximum Gasteiger partial charge on any atom is 0.356 e. The SMILES string of the molecule is O=C(O)c1cnc(C(=O)N(Cc2cc(F)ccc2F)C2CCCC2)cn1. The van der Waals surface area contributed by atoms with E-state index in [1.54, 1.807) is 0 Å². The van der Waals surface area contributed by atoms with Gasteiger partial charge in [0.2, 0.25) is 0 Å². The van der Waals surface area contributed by atoms with Gasteiger partial charge in [0.15, 0.2) is 5.69 Å². The molecule has 0 saturated heterocycles. The van der Waals surface area contributed by atoms with Crippen LogP contribution in [-0.2, 0) is 6.54 Å². The number of hydrogen-bond acceptors (Lipinski definition) is 4. The fourth-order valence-electron chi connectivity index (χ4n) is 3.13. The van der Waals surface area contributed by atoms with Crippen LogP contribution < -0.4 is 0 Å². The Balaban J connectivity index is 1.89. The number of carbonyl (C=O) groups is 2. The molecule has 1 heterocycles. The van der Waals surface area contributed by atoms with Gasteiger partial charge in [-0.1, -0.05) is 12.8 Å². The molecule has 1 aliphatic rings. The Morgan fingerprint density at radius 1 is 1.12 bits per heavy atom. The topological polar surface area (TPSA) is 83.4 Å². The standard InChI is InChI=1S/C18H17F2N3O3/c19-12-5-6-14(20)11(7-12)10-23(13-3-1-2-4-13)17(24)15-8-22-16(9-21-15)18(25)26/h5-9,13H,1-4,10H2,(H,25,26). The lowest BCUT2D eigenvalue weighted by Gasteiger charge is -2.29. The number of aromatic carboxylic acids is 1. The first-order valence-corrected chi connectivity index (χ1v) is 8.26. The molecule has 6 nitrogen and oxygen atoms in total. The second kappa shape index (κ2) is 7.55. The van der Waals surface area contributed by atoms with E-state index in [2.05, 4.69) is 9.97 Å². The van der Waals surface area contributed by atoms with Crippen LogP contribution >= 0.6 is 0 Å². The molecule has 0 unspecified atom stereocenters. The van der Waals surface area contributed by atoms with E-state index in [1.165, 1.54) is 4.90 Å². The van der Waals surface area contributed by atoms with E-state index >= 15 is 0 Å².